The maximum absolute atomic E-state index is 12.5. The molecule has 0 fully saturated rings. The fraction of sp³-hybridized carbons (Fsp3) is 0.667. The molecule has 0 heterocycles. The van der Waals surface area contributed by atoms with Crippen LogP contribution in [0.3, 0.4) is 0 Å². The third-order valence-corrected chi connectivity index (χ3v) is 5.12. The van der Waals surface area contributed by atoms with Crippen LogP contribution in [0, 0.1) is 16.7 Å². The largest absolute Gasteiger partial charge is 0.513 e. The second-order valence-electron chi connectivity index (χ2n) is 12.9. The van der Waals surface area contributed by atoms with Gasteiger partial charge in [-0.05, 0) is 54.2 Å². The van der Waals surface area contributed by atoms with Gasteiger partial charge in [-0.25, -0.2) is 9.59 Å². The molecule has 1 aromatic carbocycles. The van der Waals surface area contributed by atoms with Crippen molar-refractivity contribution >= 4 is 24.2 Å². The Hall–Kier alpha value is -3.34. The molecule has 0 spiro atoms. The lowest BCUT2D eigenvalue weighted by Gasteiger charge is -2.19. The highest BCUT2D eigenvalue weighted by atomic mass is 16.7. The van der Waals surface area contributed by atoms with E-state index in [-0.39, 0.29) is 61.0 Å². The van der Waals surface area contributed by atoms with Gasteiger partial charge in [-0.15, -0.1) is 0 Å². The summed E-state index contributed by atoms with van der Waals surface area (Å²) in [5.74, 6) is -0.879. The van der Waals surface area contributed by atoms with Crippen molar-refractivity contribution in [2.45, 2.75) is 93.7 Å². The van der Waals surface area contributed by atoms with Gasteiger partial charge in [-0.2, -0.15) is 0 Å². The Labute approximate surface area is 243 Å². The number of benzene rings is 1. The van der Waals surface area contributed by atoms with Crippen molar-refractivity contribution in [2.75, 3.05) is 19.8 Å². The van der Waals surface area contributed by atoms with E-state index in [4.69, 9.17) is 34.2 Å². The minimum absolute atomic E-state index is 0.0174. The zero-order valence-electron chi connectivity index (χ0n) is 25.9. The molecule has 0 saturated carbocycles. The van der Waals surface area contributed by atoms with Gasteiger partial charge >= 0.3 is 24.2 Å². The summed E-state index contributed by atoms with van der Waals surface area (Å²) in [6, 6.07) is 3.31. The van der Waals surface area contributed by atoms with E-state index in [2.05, 4.69) is 0 Å². The van der Waals surface area contributed by atoms with Gasteiger partial charge in [0.05, 0.1) is 13.2 Å². The summed E-state index contributed by atoms with van der Waals surface area (Å²) in [7, 11) is 0. The average molecular weight is 582 g/mol. The summed E-state index contributed by atoms with van der Waals surface area (Å²) in [5.41, 5.74) is 5.96. The van der Waals surface area contributed by atoms with E-state index in [0.717, 1.165) is 0 Å². The van der Waals surface area contributed by atoms with Crippen molar-refractivity contribution in [3.8, 4) is 11.5 Å². The van der Waals surface area contributed by atoms with Gasteiger partial charge in [-0.3, -0.25) is 9.59 Å². The molecule has 0 aliphatic rings. The van der Waals surface area contributed by atoms with Crippen LogP contribution in [0.4, 0.5) is 9.59 Å². The van der Waals surface area contributed by atoms with Gasteiger partial charge in [0, 0.05) is 6.42 Å². The minimum Gasteiger partial charge on any atom is -0.461 e. The number of ether oxygens (including phenoxy) is 6. The van der Waals surface area contributed by atoms with E-state index in [9.17, 15) is 19.2 Å². The minimum atomic E-state index is -1.07. The quantitative estimate of drug-likeness (QED) is 0.176. The molecule has 1 aromatic rings. The second kappa shape index (κ2) is 16.2. The van der Waals surface area contributed by atoms with Crippen LogP contribution in [0.15, 0.2) is 18.2 Å². The summed E-state index contributed by atoms with van der Waals surface area (Å²) in [6.07, 6.45) is -1.58. The normalized spacial score (nSPS) is 13.1. The highest BCUT2D eigenvalue weighted by molar-refractivity contribution is 5.76. The first kappa shape index (κ1) is 35.7. The monoisotopic (exact) mass is 581 g/mol. The molecule has 0 aliphatic heterocycles. The molecular formula is C30H47NO10. The Morgan fingerprint density at radius 1 is 0.805 bits per heavy atom. The fourth-order valence-electron chi connectivity index (χ4n) is 3.00. The highest BCUT2D eigenvalue weighted by Gasteiger charge is 2.23. The maximum Gasteiger partial charge on any atom is 0.513 e. The molecule has 2 N–H and O–H groups in total. The van der Waals surface area contributed by atoms with Crippen LogP contribution in [0.25, 0.3) is 0 Å². The number of hydrogen-bond acceptors (Lipinski definition) is 11. The topological polar surface area (TPSA) is 150 Å². The average Bonchev–Trinajstić information content (AvgIpc) is 2.84. The molecule has 0 saturated heterocycles. The van der Waals surface area contributed by atoms with Gasteiger partial charge in [0.2, 0.25) is 0 Å². The zero-order valence-corrected chi connectivity index (χ0v) is 25.9. The van der Waals surface area contributed by atoms with Crippen LogP contribution >= 0.6 is 0 Å². The third-order valence-electron chi connectivity index (χ3n) is 5.12. The lowest BCUT2D eigenvalue weighted by molar-refractivity contribution is -0.158. The standard InChI is InChI=1S/C30H47NO10/c1-19(2)10-13-25(32)39-20(3)16-36-26(33)22(31)14-21-11-12-23(40-27(34)37-17-29(4,5)6)24(15-21)41-28(35)38-18-30(7,8)9/h11-12,15,19-20,22H,10,13-14,16-18,31H2,1-9H3/t20-,22-/m0/s1. The van der Waals surface area contributed by atoms with E-state index < -0.39 is 30.4 Å². The van der Waals surface area contributed by atoms with E-state index in [1.54, 1.807) is 13.0 Å². The first-order chi connectivity index (χ1) is 18.8. The van der Waals surface area contributed by atoms with Crippen LogP contribution in [-0.4, -0.2) is 56.2 Å². The lowest BCUT2D eigenvalue weighted by Crippen LogP contribution is -2.36. The first-order valence-corrected chi connectivity index (χ1v) is 13.8. The van der Waals surface area contributed by atoms with Crippen LogP contribution < -0.4 is 15.2 Å². The summed E-state index contributed by atoms with van der Waals surface area (Å²) in [4.78, 5) is 48.9. The number of hydrogen-bond donors (Lipinski definition) is 1. The van der Waals surface area contributed by atoms with Crippen molar-refractivity contribution in [3.05, 3.63) is 23.8 Å². The Morgan fingerprint density at radius 3 is 1.85 bits per heavy atom. The lowest BCUT2D eigenvalue weighted by atomic mass is 9.99. The SMILES string of the molecule is CC(C)CCC(=O)O[C@@H](C)COC(=O)[C@@H](N)Cc1ccc(OC(=O)OCC(C)(C)C)c(OC(=O)OCC(C)(C)C)c1. The van der Waals surface area contributed by atoms with Gasteiger partial charge in [0.25, 0.3) is 0 Å². The highest BCUT2D eigenvalue weighted by Crippen LogP contribution is 2.30. The molecule has 0 amide bonds. The molecule has 0 radical (unpaired) electrons. The van der Waals surface area contributed by atoms with E-state index in [0.29, 0.717) is 17.9 Å². The Morgan fingerprint density at radius 2 is 1.34 bits per heavy atom. The van der Waals surface area contributed by atoms with Crippen LogP contribution in [0.1, 0.15) is 80.7 Å². The third kappa shape index (κ3) is 16.5. The predicted molar refractivity (Wildman–Crippen MR) is 152 cm³/mol. The molecule has 2 atom stereocenters. The van der Waals surface area contributed by atoms with Crippen molar-refractivity contribution in [1.29, 1.82) is 0 Å². The summed E-state index contributed by atoms with van der Waals surface area (Å²) >= 11 is 0. The van der Waals surface area contributed by atoms with Crippen molar-refractivity contribution in [3.63, 3.8) is 0 Å². The van der Waals surface area contributed by atoms with Crippen LogP contribution in [0.2, 0.25) is 0 Å². The molecule has 0 aromatic heterocycles. The summed E-state index contributed by atoms with van der Waals surface area (Å²) in [5, 5.41) is 0. The van der Waals surface area contributed by atoms with Crippen molar-refractivity contribution in [2.24, 2.45) is 22.5 Å². The number of carbonyl (C=O) groups is 4. The molecule has 0 unspecified atom stereocenters. The molecule has 0 bridgehead atoms. The summed E-state index contributed by atoms with van der Waals surface area (Å²) in [6.45, 7) is 17.1. The van der Waals surface area contributed by atoms with Crippen molar-refractivity contribution < 1.29 is 47.6 Å². The Kier molecular flexibility index (Phi) is 14.1. The van der Waals surface area contributed by atoms with Crippen molar-refractivity contribution in [1.82, 2.24) is 0 Å². The fourth-order valence-corrected chi connectivity index (χ4v) is 3.00. The first-order valence-electron chi connectivity index (χ1n) is 13.8. The maximum atomic E-state index is 12.5. The number of carbonyl (C=O) groups excluding carboxylic acids is 4. The number of rotatable bonds is 13. The zero-order chi connectivity index (χ0) is 31.4. The Bertz CT molecular complexity index is 1020. The second-order valence-corrected chi connectivity index (χ2v) is 12.9. The van der Waals surface area contributed by atoms with Gasteiger partial charge in [-0.1, -0.05) is 61.5 Å². The molecular weight excluding hydrogens is 534 g/mol. The van der Waals surface area contributed by atoms with E-state index >= 15 is 0 Å². The Balaban J connectivity index is 2.87. The molecule has 11 heteroatoms. The van der Waals surface area contributed by atoms with Gasteiger partial charge < -0.3 is 34.2 Å². The molecule has 11 nitrogen and oxygen atoms in total. The van der Waals surface area contributed by atoms with E-state index in [1.165, 1.54) is 12.1 Å². The molecule has 1 rings (SSSR count). The predicted octanol–water partition coefficient (Wildman–Crippen LogP) is 5.59. The smallest absolute Gasteiger partial charge is 0.461 e. The molecule has 232 valence electrons. The van der Waals surface area contributed by atoms with E-state index in [1.807, 2.05) is 55.4 Å². The number of esters is 2. The van der Waals surface area contributed by atoms with Gasteiger partial charge in [0.1, 0.15) is 18.8 Å². The molecule has 41 heavy (non-hydrogen) atoms. The number of nitrogens with two attached hydrogens (primary N) is 1. The van der Waals surface area contributed by atoms with Crippen LogP contribution in [0.5, 0.6) is 11.5 Å². The summed E-state index contributed by atoms with van der Waals surface area (Å²) < 4.78 is 31.4. The van der Waals surface area contributed by atoms with Crippen LogP contribution in [-0.2, 0) is 35.0 Å². The molecule has 0 aliphatic carbocycles. The van der Waals surface area contributed by atoms with Gasteiger partial charge in [0.15, 0.2) is 11.5 Å².